The van der Waals surface area contributed by atoms with E-state index >= 15 is 0 Å². The van der Waals surface area contributed by atoms with Crippen LogP contribution in [0.3, 0.4) is 0 Å². The number of hydrogen-bond acceptors (Lipinski definition) is 5. The van der Waals surface area contributed by atoms with Crippen LogP contribution in [0.2, 0.25) is 15.2 Å². The fraction of sp³-hybridized carbons (Fsp3) is 0.167. The number of aliphatic hydroxyl groups excluding tert-OH is 1. The van der Waals surface area contributed by atoms with Gasteiger partial charge in [0.05, 0.1) is 21.3 Å². The van der Waals surface area contributed by atoms with Gasteiger partial charge in [0.15, 0.2) is 6.29 Å². The minimum atomic E-state index is -1.70. The van der Waals surface area contributed by atoms with Gasteiger partial charge >= 0.3 is 0 Å². The summed E-state index contributed by atoms with van der Waals surface area (Å²) in [4.78, 5) is 19.0. The van der Waals surface area contributed by atoms with E-state index in [2.05, 4.69) is 4.98 Å². The molecule has 176 valence electrons. The maximum absolute atomic E-state index is 12.2. The minimum absolute atomic E-state index is 0.0914. The van der Waals surface area contributed by atoms with Gasteiger partial charge in [-0.25, -0.2) is 4.98 Å². The van der Waals surface area contributed by atoms with Gasteiger partial charge in [-0.3, -0.25) is 4.79 Å². The van der Waals surface area contributed by atoms with Gasteiger partial charge in [0.2, 0.25) is 0 Å². The van der Waals surface area contributed by atoms with Crippen molar-refractivity contribution < 1.29 is 15.0 Å². The van der Waals surface area contributed by atoms with E-state index < -0.39 is 6.29 Å². The number of amides is 1. The Morgan fingerprint density at radius 3 is 2.35 bits per heavy atom. The maximum Gasteiger partial charge on any atom is 0.253 e. The molecule has 0 aliphatic heterocycles. The predicted molar refractivity (Wildman–Crippen MR) is 136 cm³/mol. The quantitative estimate of drug-likeness (QED) is 0.238. The summed E-state index contributed by atoms with van der Waals surface area (Å²) in [6.45, 7) is 0.337. The molecular weight excluding hydrogens is 517 g/mol. The van der Waals surface area contributed by atoms with E-state index in [-0.39, 0.29) is 16.8 Å². The summed E-state index contributed by atoms with van der Waals surface area (Å²) in [7, 11) is 3.39. The van der Waals surface area contributed by atoms with Gasteiger partial charge in [0.25, 0.3) is 5.91 Å². The second-order valence-electron chi connectivity index (χ2n) is 7.79. The molecule has 2 N–H and O–H groups in total. The summed E-state index contributed by atoms with van der Waals surface area (Å²) >= 11 is 20.0. The first-order valence-electron chi connectivity index (χ1n) is 10.1. The normalized spacial score (nSPS) is 11.4. The zero-order valence-corrected chi connectivity index (χ0v) is 21.3. The lowest BCUT2D eigenvalue weighted by Gasteiger charge is -2.14. The molecule has 2 heterocycles. The lowest BCUT2D eigenvalue weighted by atomic mass is 10.1. The van der Waals surface area contributed by atoms with E-state index in [0.29, 0.717) is 38.1 Å². The zero-order valence-electron chi connectivity index (χ0n) is 18.2. The second kappa shape index (κ2) is 10.2. The van der Waals surface area contributed by atoms with Gasteiger partial charge in [-0.1, -0.05) is 58.7 Å². The van der Waals surface area contributed by atoms with E-state index in [1.165, 1.54) is 16.7 Å². The molecule has 0 saturated heterocycles. The smallest absolute Gasteiger partial charge is 0.253 e. The molecule has 0 spiro atoms. The van der Waals surface area contributed by atoms with E-state index in [9.17, 15) is 15.0 Å². The molecular formula is C24H20Cl3N3O3S. The minimum Gasteiger partial charge on any atom is -0.363 e. The van der Waals surface area contributed by atoms with Crippen molar-refractivity contribution in [1.82, 2.24) is 14.5 Å². The number of rotatable bonds is 6. The number of benzene rings is 2. The highest BCUT2D eigenvalue weighted by molar-refractivity contribution is 7.99. The molecule has 0 unspecified atom stereocenters. The fourth-order valence-corrected chi connectivity index (χ4v) is 5.03. The molecule has 2 aromatic carbocycles. The molecule has 4 aromatic rings. The molecule has 4 rings (SSSR count). The highest BCUT2D eigenvalue weighted by Gasteiger charge is 2.19. The van der Waals surface area contributed by atoms with Crippen LogP contribution in [0, 0.1) is 0 Å². The summed E-state index contributed by atoms with van der Waals surface area (Å²) in [5, 5.41) is 22.4. The van der Waals surface area contributed by atoms with Gasteiger partial charge in [-0.15, -0.1) is 0 Å². The Kier molecular flexibility index (Phi) is 7.42. The van der Waals surface area contributed by atoms with Gasteiger partial charge in [-0.2, -0.15) is 0 Å². The number of fused-ring (bicyclic) bond motifs is 1. The first-order valence-corrected chi connectivity index (χ1v) is 12.1. The standard InChI is InChI=1S/C24H20Cl3N3O3S/c1-29(2)23(31)14-5-3-13(4-6-14)12-30-19-11-21(34-15-7-8-17(25)18(26)9-15)28-22(27)16(19)10-20(30)24(32)33/h3-11,24,32-33H,12H2,1-2H3. The number of aliphatic hydroxyl groups is 2. The summed E-state index contributed by atoms with van der Waals surface area (Å²) in [6, 6.07) is 15.9. The van der Waals surface area contributed by atoms with Crippen LogP contribution in [0.25, 0.3) is 10.9 Å². The molecule has 34 heavy (non-hydrogen) atoms. The van der Waals surface area contributed by atoms with E-state index in [1.54, 1.807) is 49.0 Å². The molecule has 10 heteroatoms. The van der Waals surface area contributed by atoms with Crippen LogP contribution in [-0.2, 0) is 6.54 Å². The number of carbonyl (C=O) groups excluding carboxylic acids is 1. The third-order valence-corrected chi connectivity index (χ3v) is 7.12. The van der Waals surface area contributed by atoms with Crippen LogP contribution in [0.4, 0.5) is 0 Å². The molecule has 1 amide bonds. The van der Waals surface area contributed by atoms with Crippen LogP contribution < -0.4 is 0 Å². The van der Waals surface area contributed by atoms with Gasteiger partial charge in [-0.05, 0) is 48.0 Å². The summed E-state index contributed by atoms with van der Waals surface area (Å²) < 4.78 is 1.77. The number of halogens is 3. The molecule has 0 atom stereocenters. The molecule has 0 bridgehead atoms. The highest BCUT2D eigenvalue weighted by Crippen LogP contribution is 2.36. The van der Waals surface area contributed by atoms with Crippen LogP contribution in [0.5, 0.6) is 0 Å². The second-order valence-corrected chi connectivity index (χ2v) is 10.1. The maximum atomic E-state index is 12.2. The Hall–Kier alpha value is -2.26. The lowest BCUT2D eigenvalue weighted by molar-refractivity contribution is -0.0478. The Balaban J connectivity index is 1.73. The topological polar surface area (TPSA) is 78.6 Å². The van der Waals surface area contributed by atoms with Crippen molar-refractivity contribution >= 4 is 63.4 Å². The van der Waals surface area contributed by atoms with Crippen molar-refractivity contribution in [2.45, 2.75) is 22.8 Å². The third-order valence-electron chi connectivity index (χ3n) is 5.19. The lowest BCUT2D eigenvalue weighted by Crippen LogP contribution is -2.21. The molecule has 0 aliphatic rings. The molecule has 2 aromatic heterocycles. The molecule has 6 nitrogen and oxygen atoms in total. The number of hydrogen-bond donors (Lipinski definition) is 2. The number of carbonyl (C=O) groups is 1. The Morgan fingerprint density at radius 1 is 1.03 bits per heavy atom. The SMILES string of the molecule is CN(C)C(=O)c1ccc(Cn2c(C(O)O)cc3c(Cl)nc(Sc4ccc(Cl)c(Cl)c4)cc32)cc1. The zero-order chi connectivity index (χ0) is 24.6. The fourth-order valence-electron chi connectivity index (χ4n) is 3.51. The highest BCUT2D eigenvalue weighted by atomic mass is 35.5. The average molecular weight is 537 g/mol. The monoisotopic (exact) mass is 535 g/mol. The van der Waals surface area contributed by atoms with Gasteiger partial charge in [0.1, 0.15) is 10.2 Å². The summed E-state index contributed by atoms with van der Waals surface area (Å²) in [5.74, 6) is -0.0914. The van der Waals surface area contributed by atoms with Crippen molar-refractivity contribution in [3.63, 3.8) is 0 Å². The molecule has 0 radical (unpaired) electrons. The van der Waals surface area contributed by atoms with E-state index in [4.69, 9.17) is 34.8 Å². The molecule has 0 aliphatic carbocycles. The van der Waals surface area contributed by atoms with Crippen LogP contribution >= 0.6 is 46.6 Å². The number of pyridine rings is 1. The van der Waals surface area contributed by atoms with Crippen molar-refractivity contribution in [3.8, 4) is 0 Å². The van der Waals surface area contributed by atoms with Crippen LogP contribution in [0.1, 0.15) is 27.9 Å². The first kappa shape index (κ1) is 24.9. The Bertz CT molecular complexity index is 1370. The third kappa shape index (κ3) is 5.20. The Labute approximate surface area is 215 Å². The molecule has 0 fully saturated rings. The predicted octanol–water partition coefficient (Wildman–Crippen LogP) is 5.88. The largest absolute Gasteiger partial charge is 0.363 e. The van der Waals surface area contributed by atoms with Gasteiger partial charge in [0, 0.05) is 36.5 Å². The van der Waals surface area contributed by atoms with Crippen molar-refractivity contribution in [3.05, 3.63) is 86.6 Å². The molecule has 0 saturated carbocycles. The first-order chi connectivity index (χ1) is 16.1. The van der Waals surface area contributed by atoms with Crippen LogP contribution in [0.15, 0.2) is 64.5 Å². The summed E-state index contributed by atoms with van der Waals surface area (Å²) in [6.07, 6.45) is -1.70. The van der Waals surface area contributed by atoms with E-state index in [1.807, 2.05) is 24.3 Å². The van der Waals surface area contributed by atoms with E-state index in [0.717, 1.165) is 10.5 Å². The number of aromatic nitrogens is 2. The Morgan fingerprint density at radius 2 is 1.74 bits per heavy atom. The van der Waals surface area contributed by atoms with Crippen molar-refractivity contribution in [1.29, 1.82) is 0 Å². The summed E-state index contributed by atoms with van der Waals surface area (Å²) in [5.41, 5.74) is 2.42. The van der Waals surface area contributed by atoms with Gasteiger partial charge < -0.3 is 19.7 Å². The van der Waals surface area contributed by atoms with Crippen molar-refractivity contribution in [2.75, 3.05) is 14.1 Å². The number of nitrogens with zero attached hydrogens (tertiary/aromatic N) is 3. The van der Waals surface area contributed by atoms with Crippen LogP contribution in [-0.4, -0.2) is 44.7 Å². The average Bonchev–Trinajstić information content (AvgIpc) is 3.15. The van der Waals surface area contributed by atoms with Crippen molar-refractivity contribution in [2.24, 2.45) is 0 Å².